The molecule has 0 bridgehead atoms. The minimum Gasteiger partial charge on any atom is -0.390 e. The summed E-state index contributed by atoms with van der Waals surface area (Å²) in [7, 11) is 0. The van der Waals surface area contributed by atoms with E-state index in [-0.39, 0.29) is 5.88 Å². The Hall–Kier alpha value is -1.23. The van der Waals surface area contributed by atoms with Crippen LogP contribution in [0, 0.1) is 0 Å². The third-order valence-electron chi connectivity index (χ3n) is 3.01. The summed E-state index contributed by atoms with van der Waals surface area (Å²) < 4.78 is 0.982. The minimum absolute atomic E-state index is 0.216. The number of aliphatic hydroxyl groups is 1. The van der Waals surface area contributed by atoms with Crippen LogP contribution in [-0.4, -0.2) is 23.6 Å². The highest BCUT2D eigenvalue weighted by Gasteiger charge is 2.06. The first kappa shape index (κ1) is 16.1. The standard InChI is InChI=1S/C16H18BrClN2O/c17-13-6-7-15(16(8-13)20-11-14(21)9-18)19-10-12-4-2-1-3-5-12/h1-8,14,19-21H,9-11H2. The van der Waals surface area contributed by atoms with E-state index in [9.17, 15) is 5.11 Å². The molecule has 2 aromatic rings. The molecule has 3 nitrogen and oxygen atoms in total. The van der Waals surface area contributed by atoms with Crippen LogP contribution in [0.15, 0.2) is 53.0 Å². The molecule has 0 fully saturated rings. The average molecular weight is 370 g/mol. The van der Waals surface area contributed by atoms with Crippen LogP contribution >= 0.6 is 27.5 Å². The third-order valence-corrected chi connectivity index (χ3v) is 3.86. The number of benzene rings is 2. The second-order valence-corrected chi connectivity index (χ2v) is 5.94. The molecule has 112 valence electrons. The van der Waals surface area contributed by atoms with Crippen molar-refractivity contribution in [1.29, 1.82) is 0 Å². The molecule has 0 heterocycles. The van der Waals surface area contributed by atoms with Crippen molar-refractivity contribution in [3.05, 3.63) is 58.6 Å². The molecule has 21 heavy (non-hydrogen) atoms. The number of aliphatic hydroxyl groups excluding tert-OH is 1. The molecule has 0 aliphatic rings. The van der Waals surface area contributed by atoms with E-state index in [0.717, 1.165) is 22.4 Å². The van der Waals surface area contributed by atoms with Gasteiger partial charge >= 0.3 is 0 Å². The van der Waals surface area contributed by atoms with Gasteiger partial charge in [0.05, 0.1) is 23.4 Å². The smallest absolute Gasteiger partial charge is 0.0847 e. The molecular weight excluding hydrogens is 352 g/mol. The molecule has 2 rings (SSSR count). The summed E-state index contributed by atoms with van der Waals surface area (Å²) >= 11 is 9.08. The van der Waals surface area contributed by atoms with Crippen LogP contribution in [-0.2, 0) is 6.54 Å². The molecule has 0 aromatic heterocycles. The van der Waals surface area contributed by atoms with Gasteiger partial charge in [-0.1, -0.05) is 46.3 Å². The molecule has 1 unspecified atom stereocenters. The van der Waals surface area contributed by atoms with Gasteiger partial charge in [0.25, 0.3) is 0 Å². The third kappa shape index (κ3) is 5.23. The van der Waals surface area contributed by atoms with Crippen molar-refractivity contribution in [3.63, 3.8) is 0 Å². The van der Waals surface area contributed by atoms with Crippen LogP contribution in [0.5, 0.6) is 0 Å². The molecule has 0 aliphatic carbocycles. The van der Waals surface area contributed by atoms with Gasteiger partial charge in [-0.3, -0.25) is 0 Å². The maximum Gasteiger partial charge on any atom is 0.0847 e. The van der Waals surface area contributed by atoms with Gasteiger partial charge in [0.2, 0.25) is 0 Å². The minimum atomic E-state index is -0.562. The van der Waals surface area contributed by atoms with E-state index in [1.165, 1.54) is 5.56 Å². The lowest BCUT2D eigenvalue weighted by Crippen LogP contribution is -2.21. The van der Waals surface area contributed by atoms with Crippen molar-refractivity contribution in [3.8, 4) is 0 Å². The highest BCUT2D eigenvalue weighted by molar-refractivity contribution is 9.10. The van der Waals surface area contributed by atoms with Crippen LogP contribution in [0.1, 0.15) is 5.56 Å². The normalized spacial score (nSPS) is 12.0. The van der Waals surface area contributed by atoms with Crippen molar-refractivity contribution >= 4 is 38.9 Å². The zero-order valence-electron chi connectivity index (χ0n) is 11.5. The predicted octanol–water partition coefficient (Wildman–Crippen LogP) is 4.07. The van der Waals surface area contributed by atoms with Crippen LogP contribution in [0.2, 0.25) is 0 Å². The Bertz CT molecular complexity index is 565. The van der Waals surface area contributed by atoms with Crippen molar-refractivity contribution in [2.75, 3.05) is 23.1 Å². The van der Waals surface area contributed by atoms with Gasteiger partial charge in [0, 0.05) is 17.6 Å². The summed E-state index contributed by atoms with van der Waals surface area (Å²) in [6, 6.07) is 16.2. The van der Waals surface area contributed by atoms with E-state index in [1.54, 1.807) is 0 Å². The lowest BCUT2D eigenvalue weighted by atomic mass is 10.2. The first-order valence-corrected chi connectivity index (χ1v) is 8.07. The van der Waals surface area contributed by atoms with Crippen molar-refractivity contribution in [2.24, 2.45) is 0 Å². The Morgan fingerprint density at radius 1 is 1.05 bits per heavy atom. The monoisotopic (exact) mass is 368 g/mol. The van der Waals surface area contributed by atoms with Gasteiger partial charge < -0.3 is 15.7 Å². The summed E-state index contributed by atoms with van der Waals surface area (Å²) in [5.74, 6) is 0.216. The van der Waals surface area contributed by atoms with E-state index >= 15 is 0 Å². The molecule has 3 N–H and O–H groups in total. The number of nitrogens with one attached hydrogen (secondary N) is 2. The molecule has 0 radical (unpaired) electrons. The Kier molecular flexibility index (Phi) is 6.36. The largest absolute Gasteiger partial charge is 0.390 e. The first-order valence-electron chi connectivity index (χ1n) is 6.74. The molecule has 0 aliphatic heterocycles. The van der Waals surface area contributed by atoms with Crippen molar-refractivity contribution in [1.82, 2.24) is 0 Å². The molecule has 0 saturated heterocycles. The van der Waals surface area contributed by atoms with Gasteiger partial charge in [0.1, 0.15) is 0 Å². The van der Waals surface area contributed by atoms with Crippen molar-refractivity contribution < 1.29 is 5.11 Å². The highest BCUT2D eigenvalue weighted by Crippen LogP contribution is 2.26. The maximum absolute atomic E-state index is 9.56. The van der Waals surface area contributed by atoms with Gasteiger partial charge in [-0.2, -0.15) is 0 Å². The fraction of sp³-hybridized carbons (Fsp3) is 0.250. The molecule has 0 spiro atoms. The fourth-order valence-corrected chi connectivity index (χ4v) is 2.36. The molecule has 1 atom stereocenters. The first-order chi connectivity index (χ1) is 10.2. The lowest BCUT2D eigenvalue weighted by Gasteiger charge is -2.16. The SMILES string of the molecule is OC(CCl)CNc1cc(Br)ccc1NCc1ccccc1. The van der Waals surface area contributed by atoms with E-state index in [4.69, 9.17) is 11.6 Å². The van der Waals surface area contributed by atoms with E-state index in [1.807, 2.05) is 36.4 Å². The average Bonchev–Trinajstić information content (AvgIpc) is 2.52. The van der Waals surface area contributed by atoms with Crippen LogP contribution in [0.25, 0.3) is 0 Å². The number of alkyl halides is 1. The molecule has 2 aromatic carbocycles. The maximum atomic E-state index is 9.56. The van der Waals surface area contributed by atoms with Crippen LogP contribution in [0.3, 0.4) is 0 Å². The summed E-state index contributed by atoms with van der Waals surface area (Å²) in [5.41, 5.74) is 3.14. The molecular formula is C16H18BrClN2O. The Morgan fingerprint density at radius 2 is 1.81 bits per heavy atom. The number of halogens is 2. The Labute approximate surface area is 138 Å². The summed E-state index contributed by atoms with van der Waals surface area (Å²) in [6.45, 7) is 1.16. The molecule has 5 heteroatoms. The Morgan fingerprint density at radius 3 is 2.52 bits per heavy atom. The van der Waals surface area contributed by atoms with Gasteiger partial charge in [0.15, 0.2) is 0 Å². The number of hydrogen-bond donors (Lipinski definition) is 3. The fourth-order valence-electron chi connectivity index (χ4n) is 1.89. The van der Waals surface area contributed by atoms with Crippen LogP contribution < -0.4 is 10.6 Å². The topological polar surface area (TPSA) is 44.3 Å². The Balaban J connectivity index is 2.04. The second-order valence-electron chi connectivity index (χ2n) is 4.72. The van der Waals surface area contributed by atoms with Gasteiger partial charge in [-0.15, -0.1) is 11.6 Å². The molecule has 0 amide bonds. The van der Waals surface area contributed by atoms with Crippen LogP contribution in [0.4, 0.5) is 11.4 Å². The van der Waals surface area contributed by atoms with Crippen molar-refractivity contribution in [2.45, 2.75) is 12.6 Å². The second kappa shape index (κ2) is 8.27. The molecule has 0 saturated carbocycles. The quantitative estimate of drug-likeness (QED) is 0.645. The van der Waals surface area contributed by atoms with E-state index in [0.29, 0.717) is 6.54 Å². The summed E-state index contributed by atoms with van der Waals surface area (Å²) in [6.07, 6.45) is -0.562. The predicted molar refractivity (Wildman–Crippen MR) is 93.1 cm³/mol. The summed E-state index contributed by atoms with van der Waals surface area (Å²) in [5, 5.41) is 16.2. The number of anilines is 2. The lowest BCUT2D eigenvalue weighted by molar-refractivity contribution is 0.211. The van der Waals surface area contributed by atoms with E-state index < -0.39 is 6.10 Å². The zero-order chi connectivity index (χ0) is 15.1. The highest BCUT2D eigenvalue weighted by atomic mass is 79.9. The van der Waals surface area contributed by atoms with E-state index in [2.05, 4.69) is 38.7 Å². The van der Waals surface area contributed by atoms with Gasteiger partial charge in [-0.05, 0) is 23.8 Å². The number of hydrogen-bond acceptors (Lipinski definition) is 3. The number of rotatable bonds is 7. The zero-order valence-corrected chi connectivity index (χ0v) is 13.9. The van der Waals surface area contributed by atoms with Gasteiger partial charge in [-0.25, -0.2) is 0 Å². The summed E-state index contributed by atoms with van der Waals surface area (Å²) in [4.78, 5) is 0.